The van der Waals surface area contributed by atoms with E-state index in [0.717, 1.165) is 15.8 Å². The van der Waals surface area contributed by atoms with Crippen molar-refractivity contribution in [1.82, 2.24) is 9.29 Å². The molecule has 0 spiro atoms. The number of aromatic nitrogens is 1. The first-order valence-corrected chi connectivity index (χ1v) is 10.7. The van der Waals surface area contributed by atoms with E-state index in [1.54, 1.807) is 6.92 Å². The minimum atomic E-state index is -3.83. The van der Waals surface area contributed by atoms with E-state index in [9.17, 15) is 18.0 Å². The van der Waals surface area contributed by atoms with E-state index in [0.29, 0.717) is 5.52 Å². The Kier molecular flexibility index (Phi) is 6.28. The average molecular weight is 433 g/mol. The van der Waals surface area contributed by atoms with E-state index in [4.69, 9.17) is 9.15 Å². The number of oxazole rings is 1. The standard InChI is InChI=1S/C20H23N3O6S/c1-4-28-19(24)13-23-17-10-9-16(11-18(17)29-20(23)25)30(26,27)21-12-14-5-7-15(8-6-14)22(2)3/h5-11,21H,4,12-13H2,1-3H3. The van der Waals surface area contributed by atoms with Crippen LogP contribution in [0, 0.1) is 0 Å². The topological polar surface area (TPSA) is 111 Å². The van der Waals surface area contributed by atoms with Gasteiger partial charge in [0, 0.05) is 32.4 Å². The zero-order chi connectivity index (χ0) is 21.9. The SMILES string of the molecule is CCOC(=O)Cn1c(=O)oc2cc(S(=O)(=O)NCc3ccc(N(C)C)cc3)ccc21. The van der Waals surface area contributed by atoms with Gasteiger partial charge in [0.05, 0.1) is 17.0 Å². The minimum Gasteiger partial charge on any atom is -0.465 e. The maximum atomic E-state index is 12.7. The number of esters is 1. The van der Waals surface area contributed by atoms with E-state index < -0.39 is 21.7 Å². The average Bonchev–Trinajstić information content (AvgIpc) is 3.01. The van der Waals surface area contributed by atoms with Crippen LogP contribution in [0.2, 0.25) is 0 Å². The summed E-state index contributed by atoms with van der Waals surface area (Å²) in [5.41, 5.74) is 2.19. The van der Waals surface area contributed by atoms with Crippen molar-refractivity contribution >= 4 is 32.8 Å². The van der Waals surface area contributed by atoms with Gasteiger partial charge in [-0.2, -0.15) is 0 Å². The molecule has 10 heteroatoms. The van der Waals surface area contributed by atoms with Crippen LogP contribution >= 0.6 is 0 Å². The first-order chi connectivity index (χ1) is 14.2. The highest BCUT2D eigenvalue weighted by atomic mass is 32.2. The van der Waals surface area contributed by atoms with E-state index in [-0.39, 0.29) is 30.2 Å². The van der Waals surface area contributed by atoms with Gasteiger partial charge in [-0.25, -0.2) is 17.9 Å². The number of anilines is 1. The van der Waals surface area contributed by atoms with Crippen LogP contribution in [0.25, 0.3) is 11.1 Å². The summed E-state index contributed by atoms with van der Waals surface area (Å²) >= 11 is 0. The molecule has 0 fully saturated rings. The zero-order valence-electron chi connectivity index (χ0n) is 16.9. The van der Waals surface area contributed by atoms with E-state index in [1.807, 2.05) is 43.3 Å². The Bertz CT molecular complexity index is 1210. The summed E-state index contributed by atoms with van der Waals surface area (Å²) in [4.78, 5) is 25.6. The second-order valence-corrected chi connectivity index (χ2v) is 8.54. The lowest BCUT2D eigenvalue weighted by Gasteiger charge is -2.13. The Morgan fingerprint density at radius 1 is 1.17 bits per heavy atom. The molecular formula is C20H23N3O6S. The third kappa shape index (κ3) is 4.71. The van der Waals surface area contributed by atoms with Gasteiger partial charge < -0.3 is 14.1 Å². The van der Waals surface area contributed by atoms with Crippen molar-refractivity contribution in [3.05, 3.63) is 58.6 Å². The van der Waals surface area contributed by atoms with Gasteiger partial charge in [0.1, 0.15) is 6.54 Å². The molecule has 0 amide bonds. The Hall–Kier alpha value is -3.11. The van der Waals surface area contributed by atoms with Gasteiger partial charge >= 0.3 is 11.7 Å². The highest BCUT2D eigenvalue weighted by Gasteiger charge is 2.19. The number of nitrogens with zero attached hydrogens (tertiary/aromatic N) is 2. The van der Waals surface area contributed by atoms with Gasteiger partial charge in [-0.1, -0.05) is 12.1 Å². The van der Waals surface area contributed by atoms with Crippen molar-refractivity contribution in [2.24, 2.45) is 0 Å². The third-order valence-electron chi connectivity index (χ3n) is 4.46. The Morgan fingerprint density at radius 3 is 2.50 bits per heavy atom. The van der Waals surface area contributed by atoms with Crippen LogP contribution in [-0.2, 0) is 32.6 Å². The molecule has 0 aliphatic rings. The molecule has 1 heterocycles. The summed E-state index contributed by atoms with van der Waals surface area (Å²) in [5, 5.41) is 0. The van der Waals surface area contributed by atoms with Crippen molar-refractivity contribution < 1.29 is 22.4 Å². The number of carbonyl (C=O) groups excluding carboxylic acids is 1. The maximum Gasteiger partial charge on any atom is 0.420 e. The van der Waals surface area contributed by atoms with Gasteiger partial charge in [-0.15, -0.1) is 0 Å². The summed E-state index contributed by atoms with van der Waals surface area (Å²) in [6, 6.07) is 11.5. The molecular weight excluding hydrogens is 410 g/mol. The molecule has 0 aliphatic heterocycles. The molecule has 9 nitrogen and oxygen atoms in total. The molecule has 3 rings (SSSR count). The highest BCUT2D eigenvalue weighted by molar-refractivity contribution is 7.89. The number of fused-ring (bicyclic) bond motifs is 1. The summed E-state index contributed by atoms with van der Waals surface area (Å²) in [6.45, 7) is 1.65. The van der Waals surface area contributed by atoms with Gasteiger partial charge in [0.25, 0.3) is 0 Å². The van der Waals surface area contributed by atoms with E-state index >= 15 is 0 Å². The fourth-order valence-electron chi connectivity index (χ4n) is 2.87. The molecule has 0 saturated carbocycles. The van der Waals surface area contributed by atoms with Gasteiger partial charge in [0.15, 0.2) is 5.58 Å². The summed E-state index contributed by atoms with van der Waals surface area (Å²) in [5.74, 6) is -1.34. The van der Waals surface area contributed by atoms with E-state index in [2.05, 4.69) is 4.72 Å². The lowest BCUT2D eigenvalue weighted by atomic mass is 10.2. The smallest absolute Gasteiger partial charge is 0.420 e. The Morgan fingerprint density at radius 2 is 1.87 bits per heavy atom. The van der Waals surface area contributed by atoms with Crippen LogP contribution < -0.4 is 15.4 Å². The predicted octanol–water partition coefficient (Wildman–Crippen LogP) is 1.70. The monoisotopic (exact) mass is 433 g/mol. The Labute approximate surface area is 173 Å². The summed E-state index contributed by atoms with van der Waals surface area (Å²) in [6.07, 6.45) is 0. The molecule has 2 aromatic carbocycles. The molecule has 0 atom stereocenters. The predicted molar refractivity (Wildman–Crippen MR) is 112 cm³/mol. The van der Waals surface area contributed by atoms with Crippen molar-refractivity contribution in [1.29, 1.82) is 0 Å². The normalized spacial score (nSPS) is 11.6. The summed E-state index contributed by atoms with van der Waals surface area (Å²) < 4.78 is 38.9. The highest BCUT2D eigenvalue weighted by Crippen LogP contribution is 2.19. The number of rotatable bonds is 8. The quantitative estimate of drug-likeness (QED) is 0.538. The van der Waals surface area contributed by atoms with Crippen molar-refractivity contribution in [3.8, 4) is 0 Å². The second kappa shape index (κ2) is 8.72. The van der Waals surface area contributed by atoms with Crippen LogP contribution in [0.15, 0.2) is 56.6 Å². The second-order valence-electron chi connectivity index (χ2n) is 6.77. The molecule has 0 unspecified atom stereocenters. The van der Waals surface area contributed by atoms with Crippen LogP contribution in [0.1, 0.15) is 12.5 Å². The molecule has 0 radical (unpaired) electrons. The number of ether oxygens (including phenoxy) is 1. The number of sulfonamides is 1. The maximum absolute atomic E-state index is 12.7. The first-order valence-electron chi connectivity index (χ1n) is 9.26. The molecule has 1 N–H and O–H groups in total. The fraction of sp³-hybridized carbons (Fsp3) is 0.300. The zero-order valence-corrected chi connectivity index (χ0v) is 17.7. The van der Waals surface area contributed by atoms with E-state index in [1.165, 1.54) is 18.2 Å². The van der Waals surface area contributed by atoms with Crippen LogP contribution in [0.5, 0.6) is 0 Å². The number of benzene rings is 2. The van der Waals surface area contributed by atoms with Gasteiger partial charge in [-0.3, -0.25) is 9.36 Å². The lowest BCUT2D eigenvalue weighted by molar-refractivity contribution is -0.143. The largest absolute Gasteiger partial charge is 0.465 e. The van der Waals surface area contributed by atoms with Crippen molar-refractivity contribution in [3.63, 3.8) is 0 Å². The van der Waals surface area contributed by atoms with Gasteiger partial charge in [0.2, 0.25) is 10.0 Å². The molecule has 0 bridgehead atoms. The molecule has 160 valence electrons. The minimum absolute atomic E-state index is 0.0445. The third-order valence-corrected chi connectivity index (χ3v) is 5.86. The molecule has 0 saturated heterocycles. The van der Waals surface area contributed by atoms with Crippen LogP contribution in [-0.4, -0.2) is 39.7 Å². The van der Waals surface area contributed by atoms with Crippen LogP contribution in [0.4, 0.5) is 5.69 Å². The van der Waals surface area contributed by atoms with Crippen molar-refractivity contribution in [2.45, 2.75) is 24.9 Å². The molecule has 30 heavy (non-hydrogen) atoms. The summed E-state index contributed by atoms with van der Waals surface area (Å²) in [7, 11) is 0.0107. The van der Waals surface area contributed by atoms with Crippen molar-refractivity contribution in [2.75, 3.05) is 25.6 Å². The van der Waals surface area contributed by atoms with Crippen LogP contribution in [0.3, 0.4) is 0 Å². The molecule has 0 aliphatic carbocycles. The Balaban J connectivity index is 1.79. The fourth-order valence-corrected chi connectivity index (χ4v) is 3.91. The number of nitrogens with one attached hydrogen (secondary N) is 1. The van der Waals surface area contributed by atoms with Gasteiger partial charge in [-0.05, 0) is 36.8 Å². The number of hydrogen-bond donors (Lipinski definition) is 1. The lowest BCUT2D eigenvalue weighted by Crippen LogP contribution is -2.23. The first kappa shape index (κ1) is 21.6. The molecule has 3 aromatic rings. The number of carbonyl (C=O) groups is 1. The molecule has 1 aromatic heterocycles. The number of hydrogen-bond acceptors (Lipinski definition) is 7.